The molecule has 0 aliphatic heterocycles. The molecule has 0 atom stereocenters. The molecule has 4 aromatic rings. The molecule has 1 aliphatic rings. The summed E-state index contributed by atoms with van der Waals surface area (Å²) in [6.07, 6.45) is 1.82. The fourth-order valence-corrected chi connectivity index (χ4v) is 5.13. The van der Waals surface area contributed by atoms with E-state index in [1.807, 2.05) is 0 Å². The number of imidazole rings is 1. The predicted molar refractivity (Wildman–Crippen MR) is 133 cm³/mol. The van der Waals surface area contributed by atoms with Gasteiger partial charge in [-0.15, -0.1) is 0 Å². The van der Waals surface area contributed by atoms with Gasteiger partial charge in [-0.2, -0.15) is 4.39 Å². The van der Waals surface area contributed by atoms with Crippen molar-refractivity contribution in [3.05, 3.63) is 87.3 Å². The van der Waals surface area contributed by atoms with Crippen LogP contribution in [0.5, 0.6) is 0 Å². The number of hydrogen-bond donors (Lipinski definition) is 1. The van der Waals surface area contributed by atoms with Crippen LogP contribution in [0.1, 0.15) is 48.2 Å². The lowest BCUT2D eigenvalue weighted by molar-refractivity contribution is 0.0904. The Hall–Kier alpha value is -3.73. The molecule has 3 aromatic heterocycles. The molecule has 5 rings (SSSR count). The monoisotopic (exact) mass is 547 g/mol. The van der Waals surface area contributed by atoms with Gasteiger partial charge in [0.25, 0.3) is 12.3 Å². The van der Waals surface area contributed by atoms with Crippen molar-refractivity contribution in [3.8, 4) is 5.69 Å². The van der Waals surface area contributed by atoms with Gasteiger partial charge in [0.2, 0.25) is 5.95 Å². The van der Waals surface area contributed by atoms with E-state index in [1.165, 1.54) is 45.7 Å². The number of hydrogen-bond acceptors (Lipinski definition) is 4. The van der Waals surface area contributed by atoms with Crippen LogP contribution in [0.25, 0.3) is 16.7 Å². The number of fused-ring (bicyclic) bond motifs is 1. The number of rotatable bonds is 6. The summed E-state index contributed by atoms with van der Waals surface area (Å²) in [5.74, 6) is -1.79. The van der Waals surface area contributed by atoms with Crippen LogP contribution in [-0.4, -0.2) is 31.1 Å². The second kappa shape index (κ2) is 10.6. The maximum absolute atomic E-state index is 14.1. The van der Waals surface area contributed by atoms with Crippen LogP contribution in [0.4, 0.5) is 17.6 Å². The van der Waals surface area contributed by atoms with Gasteiger partial charge >= 0.3 is 5.69 Å². The number of benzene rings is 1. The molecule has 0 bridgehead atoms. The van der Waals surface area contributed by atoms with E-state index < -0.39 is 35.5 Å². The standard InChI is InChI=1S/C26H22ClF4N5O2/c27-15-9-19(23(24(30)31)33-11-15)25(37)34-17-4-1-14(2-5-17)13-35-21-10-16(28)3-7-20(21)36(26(35)38)18-6-8-22(29)32-12-18/h3,6-12,14,17,24H,1-2,4-5,13H2,(H,34,37). The molecule has 12 heteroatoms. The van der Waals surface area contributed by atoms with Crippen molar-refractivity contribution in [1.82, 2.24) is 24.4 Å². The number of carbonyl (C=O) groups excluding carboxylic acids is 1. The minimum atomic E-state index is -2.92. The number of amides is 1. The summed E-state index contributed by atoms with van der Waals surface area (Å²) in [4.78, 5) is 33.3. The third-order valence-corrected chi connectivity index (χ3v) is 7.03. The van der Waals surface area contributed by atoms with E-state index in [1.54, 1.807) is 0 Å². The molecule has 1 aromatic carbocycles. The first kappa shape index (κ1) is 25.9. The zero-order valence-electron chi connectivity index (χ0n) is 19.9. The first-order chi connectivity index (χ1) is 18.2. The van der Waals surface area contributed by atoms with Gasteiger partial charge in [0.15, 0.2) is 0 Å². The van der Waals surface area contributed by atoms with Gasteiger partial charge in [0, 0.05) is 18.8 Å². The number of aromatic nitrogens is 4. The molecule has 0 spiro atoms. The van der Waals surface area contributed by atoms with Crippen LogP contribution in [0.3, 0.4) is 0 Å². The molecule has 3 heterocycles. The van der Waals surface area contributed by atoms with Gasteiger partial charge < -0.3 is 5.32 Å². The largest absolute Gasteiger partial charge is 0.349 e. The average molecular weight is 548 g/mol. The Bertz CT molecular complexity index is 1550. The number of carbonyl (C=O) groups is 1. The summed E-state index contributed by atoms with van der Waals surface area (Å²) in [5, 5.41) is 2.87. The first-order valence-corrected chi connectivity index (χ1v) is 12.4. The third kappa shape index (κ3) is 5.15. The molecule has 1 fully saturated rings. The molecule has 1 aliphatic carbocycles. The summed E-state index contributed by atoms with van der Waals surface area (Å²) in [5.41, 5.74) is -0.0519. The van der Waals surface area contributed by atoms with Crippen molar-refractivity contribution in [2.24, 2.45) is 5.92 Å². The van der Waals surface area contributed by atoms with Crippen LogP contribution in [-0.2, 0) is 6.54 Å². The van der Waals surface area contributed by atoms with Crippen molar-refractivity contribution in [1.29, 1.82) is 0 Å². The highest BCUT2D eigenvalue weighted by molar-refractivity contribution is 6.30. The molecular weight excluding hydrogens is 526 g/mol. The van der Waals surface area contributed by atoms with Gasteiger partial charge in [0.05, 0.1) is 33.5 Å². The molecule has 0 unspecified atom stereocenters. The van der Waals surface area contributed by atoms with Crippen LogP contribution in [0, 0.1) is 17.7 Å². The average Bonchev–Trinajstić information content (AvgIpc) is 3.15. The van der Waals surface area contributed by atoms with E-state index in [4.69, 9.17) is 11.6 Å². The first-order valence-electron chi connectivity index (χ1n) is 12.0. The summed E-state index contributed by atoms with van der Waals surface area (Å²) in [7, 11) is 0. The van der Waals surface area contributed by atoms with E-state index in [0.29, 0.717) is 48.9 Å². The van der Waals surface area contributed by atoms with Crippen molar-refractivity contribution < 1.29 is 22.4 Å². The molecule has 7 nitrogen and oxygen atoms in total. The summed E-state index contributed by atoms with van der Waals surface area (Å²) < 4.78 is 56.9. The number of nitrogens with zero attached hydrogens (tertiary/aromatic N) is 4. The van der Waals surface area contributed by atoms with Crippen LogP contribution < -0.4 is 11.0 Å². The maximum atomic E-state index is 14.1. The molecule has 1 N–H and O–H groups in total. The Kier molecular flexibility index (Phi) is 7.20. The summed E-state index contributed by atoms with van der Waals surface area (Å²) >= 11 is 5.86. The predicted octanol–water partition coefficient (Wildman–Crippen LogP) is 5.44. The highest BCUT2D eigenvalue weighted by atomic mass is 35.5. The van der Waals surface area contributed by atoms with Crippen molar-refractivity contribution in [2.75, 3.05) is 0 Å². The van der Waals surface area contributed by atoms with Gasteiger partial charge in [-0.25, -0.2) is 22.9 Å². The lowest BCUT2D eigenvalue weighted by Crippen LogP contribution is -2.39. The molecule has 38 heavy (non-hydrogen) atoms. The topological polar surface area (TPSA) is 81.8 Å². The Morgan fingerprint density at radius 2 is 1.79 bits per heavy atom. The smallest absolute Gasteiger partial charge is 0.333 e. The van der Waals surface area contributed by atoms with Crippen LogP contribution >= 0.6 is 11.6 Å². The van der Waals surface area contributed by atoms with Gasteiger partial charge in [0.1, 0.15) is 11.5 Å². The molecule has 198 valence electrons. The lowest BCUT2D eigenvalue weighted by Gasteiger charge is -2.29. The van der Waals surface area contributed by atoms with Crippen LogP contribution in [0.2, 0.25) is 5.02 Å². The maximum Gasteiger partial charge on any atom is 0.333 e. The third-order valence-electron chi connectivity index (χ3n) is 6.82. The van der Waals surface area contributed by atoms with Gasteiger partial charge in [-0.3, -0.25) is 18.9 Å². The second-order valence-electron chi connectivity index (χ2n) is 9.28. The highest BCUT2D eigenvalue weighted by Gasteiger charge is 2.27. The van der Waals surface area contributed by atoms with E-state index in [-0.39, 0.29) is 22.5 Å². The van der Waals surface area contributed by atoms with Crippen molar-refractivity contribution in [2.45, 2.75) is 44.7 Å². The molecule has 1 amide bonds. The van der Waals surface area contributed by atoms with Crippen LogP contribution in [0.15, 0.2) is 53.6 Å². The molecule has 0 saturated heterocycles. The Morgan fingerprint density at radius 3 is 2.47 bits per heavy atom. The Labute approximate surface area is 219 Å². The van der Waals surface area contributed by atoms with Crippen molar-refractivity contribution in [3.63, 3.8) is 0 Å². The quantitative estimate of drug-likeness (QED) is 0.257. The second-order valence-corrected chi connectivity index (χ2v) is 9.72. The van der Waals surface area contributed by atoms with E-state index in [0.717, 1.165) is 12.3 Å². The molecular formula is C26H22ClF4N5O2. The fourth-order valence-electron chi connectivity index (χ4n) is 4.97. The number of nitrogens with one attached hydrogen (secondary N) is 1. The Morgan fingerprint density at radius 1 is 1.03 bits per heavy atom. The van der Waals surface area contributed by atoms with Gasteiger partial charge in [-0.05, 0) is 68.0 Å². The van der Waals surface area contributed by atoms with Crippen molar-refractivity contribution >= 4 is 28.5 Å². The van der Waals surface area contributed by atoms with E-state index in [2.05, 4.69) is 15.3 Å². The lowest BCUT2D eigenvalue weighted by atomic mass is 9.85. The number of halogens is 5. The number of pyridine rings is 2. The fraction of sp³-hybridized carbons (Fsp3) is 0.308. The SMILES string of the molecule is O=C(NC1CCC(Cn2c(=O)n(-c3ccc(F)nc3)c3ccc(F)cc32)CC1)c1cc(Cl)cnc1C(F)F. The highest BCUT2D eigenvalue weighted by Crippen LogP contribution is 2.29. The normalized spacial score (nSPS) is 17.7. The number of alkyl halides is 2. The summed E-state index contributed by atoms with van der Waals surface area (Å²) in [6, 6.07) is 7.54. The minimum absolute atomic E-state index is 0.0546. The van der Waals surface area contributed by atoms with E-state index in [9.17, 15) is 27.2 Å². The molecule has 0 radical (unpaired) electrons. The van der Waals surface area contributed by atoms with E-state index >= 15 is 0 Å². The zero-order chi connectivity index (χ0) is 27.0. The molecule has 1 saturated carbocycles. The Balaban J connectivity index is 1.32. The van der Waals surface area contributed by atoms with Gasteiger partial charge in [-0.1, -0.05) is 11.6 Å². The summed E-state index contributed by atoms with van der Waals surface area (Å²) in [6.45, 7) is 0.314. The zero-order valence-corrected chi connectivity index (χ0v) is 20.6. The minimum Gasteiger partial charge on any atom is -0.349 e.